The van der Waals surface area contributed by atoms with Crippen molar-refractivity contribution in [2.24, 2.45) is 0 Å². The molecule has 2 rings (SSSR count). The number of likely N-dealkylation sites (N-methyl/N-ethyl adjacent to an activating group) is 1. The van der Waals surface area contributed by atoms with Crippen molar-refractivity contribution < 1.29 is 4.39 Å². The number of hydrogen-bond donors (Lipinski definition) is 1. The molecule has 0 saturated carbocycles. The molecule has 1 atom stereocenters. The first-order valence-electron chi connectivity index (χ1n) is 6.69. The van der Waals surface area contributed by atoms with Gasteiger partial charge in [0.1, 0.15) is 5.82 Å². The molecule has 0 aliphatic heterocycles. The summed E-state index contributed by atoms with van der Waals surface area (Å²) in [4.78, 5) is 0. The van der Waals surface area contributed by atoms with Gasteiger partial charge in [-0.1, -0.05) is 53.1 Å². The van der Waals surface area contributed by atoms with E-state index in [4.69, 9.17) is 11.6 Å². The van der Waals surface area contributed by atoms with Gasteiger partial charge in [0.05, 0.1) is 5.02 Å². The maximum Gasteiger partial charge on any atom is 0.146 e. The summed E-state index contributed by atoms with van der Waals surface area (Å²) in [6.45, 7) is 4.15. The lowest BCUT2D eigenvalue weighted by molar-refractivity contribution is 0.534. The smallest absolute Gasteiger partial charge is 0.146 e. The topological polar surface area (TPSA) is 12.0 Å². The zero-order valence-corrected chi connectivity index (χ0v) is 12.8. The highest BCUT2D eigenvalue weighted by molar-refractivity contribution is 6.30. The lowest BCUT2D eigenvalue weighted by Gasteiger charge is -2.18. The number of hydrogen-bond acceptors (Lipinski definition) is 1. The summed E-state index contributed by atoms with van der Waals surface area (Å²) >= 11 is 5.87. The third kappa shape index (κ3) is 3.38. The van der Waals surface area contributed by atoms with Crippen molar-refractivity contribution >= 4 is 11.6 Å². The van der Waals surface area contributed by atoms with Gasteiger partial charge in [0.25, 0.3) is 0 Å². The third-order valence-corrected chi connectivity index (χ3v) is 3.72. The van der Waals surface area contributed by atoms with E-state index in [0.717, 1.165) is 6.42 Å². The Morgan fingerprint density at radius 2 is 1.80 bits per heavy atom. The molecule has 0 heterocycles. The van der Waals surface area contributed by atoms with Crippen molar-refractivity contribution in [1.29, 1.82) is 0 Å². The molecule has 0 fully saturated rings. The lowest BCUT2D eigenvalue weighted by atomic mass is 9.96. The van der Waals surface area contributed by atoms with E-state index in [9.17, 15) is 4.39 Å². The van der Waals surface area contributed by atoms with Gasteiger partial charge in [0.15, 0.2) is 0 Å². The van der Waals surface area contributed by atoms with E-state index in [2.05, 4.69) is 37.4 Å². The van der Waals surface area contributed by atoms with Gasteiger partial charge in [-0.3, -0.25) is 0 Å². The van der Waals surface area contributed by atoms with Gasteiger partial charge in [-0.05, 0) is 38.9 Å². The van der Waals surface area contributed by atoms with Gasteiger partial charge in [-0.2, -0.15) is 0 Å². The second-order valence-electron chi connectivity index (χ2n) is 5.18. The Kier molecular flexibility index (Phi) is 4.79. The Morgan fingerprint density at radius 1 is 1.15 bits per heavy atom. The standard InChI is InChI=1S/C17H19ClFN/c1-11-7-12(2)9-13(8-11)10-16(20-3)14-5-4-6-15(18)17(14)19/h4-9,16,20H,10H2,1-3H3. The van der Waals surface area contributed by atoms with Crippen LogP contribution >= 0.6 is 11.6 Å². The average Bonchev–Trinajstić information content (AvgIpc) is 2.38. The minimum absolute atomic E-state index is 0.0881. The Bertz CT molecular complexity index is 590. The van der Waals surface area contributed by atoms with E-state index in [1.807, 2.05) is 7.05 Å². The summed E-state index contributed by atoms with van der Waals surface area (Å²) in [7, 11) is 1.84. The molecule has 0 aliphatic rings. The Hall–Kier alpha value is -1.38. The van der Waals surface area contributed by atoms with Gasteiger partial charge in [-0.25, -0.2) is 4.39 Å². The minimum atomic E-state index is -0.335. The molecule has 2 aromatic carbocycles. The van der Waals surface area contributed by atoms with Crippen molar-refractivity contribution in [2.75, 3.05) is 7.05 Å². The minimum Gasteiger partial charge on any atom is -0.313 e. The van der Waals surface area contributed by atoms with Crippen LogP contribution in [0.3, 0.4) is 0 Å². The highest BCUT2D eigenvalue weighted by atomic mass is 35.5. The number of benzene rings is 2. The van der Waals surface area contributed by atoms with E-state index in [1.165, 1.54) is 16.7 Å². The number of halogens is 2. The second kappa shape index (κ2) is 6.38. The molecule has 0 radical (unpaired) electrons. The Morgan fingerprint density at radius 3 is 2.40 bits per heavy atom. The summed E-state index contributed by atoms with van der Waals surface area (Å²) in [6.07, 6.45) is 0.732. The summed E-state index contributed by atoms with van der Waals surface area (Å²) in [5.41, 5.74) is 4.25. The van der Waals surface area contributed by atoms with Gasteiger partial charge >= 0.3 is 0 Å². The predicted octanol–water partition coefficient (Wildman–Crippen LogP) is 4.60. The molecule has 0 amide bonds. The Labute approximate surface area is 124 Å². The molecule has 20 heavy (non-hydrogen) atoms. The molecule has 1 unspecified atom stereocenters. The van der Waals surface area contributed by atoms with Crippen LogP contribution in [-0.2, 0) is 6.42 Å². The molecule has 0 bridgehead atoms. The molecule has 1 nitrogen and oxygen atoms in total. The fraction of sp³-hybridized carbons (Fsp3) is 0.294. The Balaban J connectivity index is 2.31. The van der Waals surface area contributed by atoms with Crippen LogP contribution in [0.2, 0.25) is 5.02 Å². The van der Waals surface area contributed by atoms with Crippen LogP contribution in [0.5, 0.6) is 0 Å². The van der Waals surface area contributed by atoms with Crippen molar-refractivity contribution in [2.45, 2.75) is 26.3 Å². The summed E-state index contributed by atoms with van der Waals surface area (Å²) < 4.78 is 14.1. The van der Waals surface area contributed by atoms with Gasteiger partial charge in [0, 0.05) is 11.6 Å². The van der Waals surface area contributed by atoms with Crippen LogP contribution in [0.4, 0.5) is 4.39 Å². The lowest BCUT2D eigenvalue weighted by Crippen LogP contribution is -2.20. The van der Waals surface area contributed by atoms with Crippen molar-refractivity contribution in [3.05, 3.63) is 69.5 Å². The third-order valence-electron chi connectivity index (χ3n) is 3.43. The molecule has 2 aromatic rings. The van der Waals surface area contributed by atoms with E-state index >= 15 is 0 Å². The quantitative estimate of drug-likeness (QED) is 0.868. The van der Waals surface area contributed by atoms with Crippen molar-refractivity contribution in [3.8, 4) is 0 Å². The maximum absolute atomic E-state index is 14.1. The first kappa shape index (κ1) is 15.0. The summed E-state index contributed by atoms with van der Waals surface area (Å²) in [5, 5.41) is 3.34. The van der Waals surface area contributed by atoms with Crippen LogP contribution in [0, 0.1) is 19.7 Å². The molecular formula is C17H19ClFN. The number of nitrogens with one attached hydrogen (secondary N) is 1. The van der Waals surface area contributed by atoms with Crippen molar-refractivity contribution in [1.82, 2.24) is 5.32 Å². The van der Waals surface area contributed by atoms with Crippen molar-refractivity contribution in [3.63, 3.8) is 0 Å². The van der Waals surface area contributed by atoms with Gasteiger partial charge in [0.2, 0.25) is 0 Å². The normalized spacial score (nSPS) is 12.4. The molecule has 1 N–H and O–H groups in total. The van der Waals surface area contributed by atoms with Gasteiger partial charge in [-0.15, -0.1) is 0 Å². The molecular weight excluding hydrogens is 273 g/mol. The van der Waals surface area contributed by atoms with E-state index in [1.54, 1.807) is 18.2 Å². The highest BCUT2D eigenvalue weighted by Crippen LogP contribution is 2.26. The van der Waals surface area contributed by atoms with E-state index < -0.39 is 0 Å². The first-order chi connectivity index (χ1) is 9.51. The van der Waals surface area contributed by atoms with E-state index in [-0.39, 0.29) is 16.9 Å². The fourth-order valence-electron chi connectivity index (χ4n) is 2.58. The highest BCUT2D eigenvalue weighted by Gasteiger charge is 2.16. The zero-order valence-electron chi connectivity index (χ0n) is 12.0. The predicted molar refractivity (Wildman–Crippen MR) is 82.8 cm³/mol. The van der Waals surface area contributed by atoms with Crippen LogP contribution in [0.25, 0.3) is 0 Å². The van der Waals surface area contributed by atoms with Crippen LogP contribution in [0.1, 0.15) is 28.3 Å². The fourth-order valence-corrected chi connectivity index (χ4v) is 2.76. The molecule has 0 saturated heterocycles. The number of rotatable bonds is 4. The number of aryl methyl sites for hydroxylation is 2. The summed E-state index contributed by atoms with van der Waals surface area (Å²) in [5.74, 6) is -0.335. The molecule has 0 aliphatic carbocycles. The largest absolute Gasteiger partial charge is 0.313 e. The molecule has 106 valence electrons. The van der Waals surface area contributed by atoms with Crippen LogP contribution < -0.4 is 5.32 Å². The SMILES string of the molecule is CNC(Cc1cc(C)cc(C)c1)c1cccc(Cl)c1F. The summed E-state index contributed by atoms with van der Waals surface area (Å²) in [6, 6.07) is 11.5. The average molecular weight is 292 g/mol. The maximum atomic E-state index is 14.1. The van der Waals surface area contributed by atoms with Crippen LogP contribution in [-0.4, -0.2) is 7.05 Å². The first-order valence-corrected chi connectivity index (χ1v) is 7.07. The molecule has 3 heteroatoms. The molecule has 0 spiro atoms. The van der Waals surface area contributed by atoms with Gasteiger partial charge < -0.3 is 5.32 Å². The molecule has 0 aromatic heterocycles. The second-order valence-corrected chi connectivity index (χ2v) is 5.59. The van der Waals surface area contributed by atoms with Crippen LogP contribution in [0.15, 0.2) is 36.4 Å². The van der Waals surface area contributed by atoms with E-state index in [0.29, 0.717) is 5.56 Å². The monoisotopic (exact) mass is 291 g/mol. The zero-order chi connectivity index (χ0) is 14.7.